The molecular formula is C26H30N2O7S. The number of benzene rings is 3. The Hall–Kier alpha value is -3.92. The molecule has 3 aromatic carbocycles. The van der Waals surface area contributed by atoms with Gasteiger partial charge in [0.1, 0.15) is 18.1 Å². The molecule has 0 fully saturated rings. The van der Waals surface area contributed by atoms with Crippen LogP contribution in [0.4, 0.5) is 5.69 Å². The summed E-state index contributed by atoms with van der Waals surface area (Å²) in [5, 5.41) is 2.80. The molecule has 3 rings (SSSR count). The monoisotopic (exact) mass is 514 g/mol. The van der Waals surface area contributed by atoms with Crippen molar-refractivity contribution in [1.29, 1.82) is 0 Å². The highest BCUT2D eigenvalue weighted by molar-refractivity contribution is 7.92. The summed E-state index contributed by atoms with van der Waals surface area (Å²) in [5.41, 5.74) is 1.61. The molecular weight excluding hydrogens is 484 g/mol. The summed E-state index contributed by atoms with van der Waals surface area (Å²) in [5.74, 6) is 2.01. The van der Waals surface area contributed by atoms with Gasteiger partial charge in [-0.1, -0.05) is 18.2 Å². The van der Waals surface area contributed by atoms with E-state index in [1.807, 2.05) is 18.2 Å². The number of hydrogen-bond acceptors (Lipinski definition) is 7. The highest BCUT2D eigenvalue weighted by Gasteiger charge is 2.20. The first-order valence-corrected chi connectivity index (χ1v) is 12.9. The van der Waals surface area contributed by atoms with Gasteiger partial charge in [-0.3, -0.25) is 9.10 Å². The quantitative estimate of drug-likeness (QED) is 0.369. The van der Waals surface area contributed by atoms with Gasteiger partial charge in [0.25, 0.3) is 5.91 Å². The smallest absolute Gasteiger partial charge is 0.251 e. The van der Waals surface area contributed by atoms with Crippen LogP contribution >= 0.6 is 0 Å². The molecule has 192 valence electrons. The minimum absolute atomic E-state index is 0.0879. The number of amides is 1. The van der Waals surface area contributed by atoms with Crippen LogP contribution < -0.4 is 28.6 Å². The Labute approximate surface area is 211 Å². The molecule has 0 saturated carbocycles. The molecule has 36 heavy (non-hydrogen) atoms. The molecule has 0 aromatic heterocycles. The van der Waals surface area contributed by atoms with Gasteiger partial charge in [-0.25, -0.2) is 8.42 Å². The first-order valence-electron chi connectivity index (χ1n) is 11.1. The van der Waals surface area contributed by atoms with E-state index in [2.05, 4.69) is 5.32 Å². The molecule has 10 heteroatoms. The molecule has 0 radical (unpaired) electrons. The van der Waals surface area contributed by atoms with Crippen molar-refractivity contribution in [2.75, 3.05) is 45.0 Å². The van der Waals surface area contributed by atoms with Gasteiger partial charge in [-0.2, -0.15) is 0 Å². The van der Waals surface area contributed by atoms with E-state index in [-0.39, 0.29) is 12.5 Å². The molecule has 0 atom stereocenters. The Bertz CT molecular complexity index is 1280. The first kappa shape index (κ1) is 26.7. The standard InChI is InChI=1S/C26H30N2O7S/c1-32-22-6-5-7-23(17-22)35-15-14-27-26(29)20-10-8-19(9-11-20)18-28(36(4,30)31)21-12-13-24(33-2)25(16-21)34-3/h5-13,16-17H,14-15,18H2,1-4H3,(H,27,29). The number of carbonyl (C=O) groups is 1. The third-order valence-electron chi connectivity index (χ3n) is 5.30. The van der Waals surface area contributed by atoms with Crippen LogP contribution in [0.3, 0.4) is 0 Å². The normalized spacial score (nSPS) is 10.9. The van der Waals surface area contributed by atoms with Gasteiger partial charge in [0.15, 0.2) is 11.5 Å². The molecule has 0 aliphatic carbocycles. The van der Waals surface area contributed by atoms with Gasteiger partial charge in [0, 0.05) is 17.7 Å². The average Bonchev–Trinajstić information content (AvgIpc) is 2.89. The molecule has 0 bridgehead atoms. The maximum absolute atomic E-state index is 12.5. The molecule has 0 spiro atoms. The van der Waals surface area contributed by atoms with Gasteiger partial charge >= 0.3 is 0 Å². The lowest BCUT2D eigenvalue weighted by molar-refractivity contribution is 0.0947. The SMILES string of the molecule is COc1cccc(OCCNC(=O)c2ccc(CN(c3ccc(OC)c(OC)c3)S(C)(=O)=O)cc2)c1. The second kappa shape index (κ2) is 12.2. The fraction of sp³-hybridized carbons (Fsp3) is 0.269. The summed E-state index contributed by atoms with van der Waals surface area (Å²) >= 11 is 0. The summed E-state index contributed by atoms with van der Waals surface area (Å²) in [4.78, 5) is 12.5. The van der Waals surface area contributed by atoms with Crippen LogP contribution in [0.2, 0.25) is 0 Å². The Balaban J connectivity index is 1.61. The molecule has 0 aliphatic rings. The molecule has 3 aromatic rings. The van der Waals surface area contributed by atoms with E-state index in [4.69, 9.17) is 18.9 Å². The number of carbonyl (C=O) groups excluding carboxylic acids is 1. The van der Waals surface area contributed by atoms with E-state index >= 15 is 0 Å². The van der Waals surface area contributed by atoms with E-state index in [0.29, 0.717) is 53.0 Å². The third-order valence-corrected chi connectivity index (χ3v) is 6.44. The summed E-state index contributed by atoms with van der Waals surface area (Å²) in [7, 11) is 0.988. The topological polar surface area (TPSA) is 103 Å². The zero-order valence-electron chi connectivity index (χ0n) is 20.7. The van der Waals surface area contributed by atoms with Crippen LogP contribution in [0.25, 0.3) is 0 Å². The maximum atomic E-state index is 12.5. The lowest BCUT2D eigenvalue weighted by Gasteiger charge is -2.23. The number of nitrogens with zero attached hydrogens (tertiary/aromatic N) is 1. The highest BCUT2D eigenvalue weighted by Crippen LogP contribution is 2.33. The van der Waals surface area contributed by atoms with Gasteiger partial charge in [0.05, 0.1) is 46.4 Å². The fourth-order valence-corrected chi connectivity index (χ4v) is 4.31. The van der Waals surface area contributed by atoms with Crippen LogP contribution in [0.15, 0.2) is 66.7 Å². The highest BCUT2D eigenvalue weighted by atomic mass is 32.2. The lowest BCUT2D eigenvalue weighted by Crippen LogP contribution is -2.29. The molecule has 0 aliphatic heterocycles. The van der Waals surface area contributed by atoms with Gasteiger partial charge in [-0.05, 0) is 42.0 Å². The van der Waals surface area contributed by atoms with Crippen molar-refractivity contribution in [2.45, 2.75) is 6.54 Å². The summed E-state index contributed by atoms with van der Waals surface area (Å²) in [6, 6.07) is 18.9. The van der Waals surface area contributed by atoms with Crippen LogP contribution in [0, 0.1) is 0 Å². The predicted molar refractivity (Wildman–Crippen MR) is 138 cm³/mol. The molecule has 9 nitrogen and oxygen atoms in total. The van der Waals surface area contributed by atoms with E-state index in [1.54, 1.807) is 55.6 Å². The second-order valence-corrected chi connectivity index (χ2v) is 9.70. The van der Waals surface area contributed by atoms with Crippen molar-refractivity contribution in [2.24, 2.45) is 0 Å². The van der Waals surface area contributed by atoms with Gasteiger partial charge in [-0.15, -0.1) is 0 Å². The van der Waals surface area contributed by atoms with E-state index in [9.17, 15) is 13.2 Å². The second-order valence-electron chi connectivity index (χ2n) is 7.79. The summed E-state index contributed by atoms with van der Waals surface area (Å²) < 4.78 is 47.6. The first-order chi connectivity index (χ1) is 17.2. The number of ether oxygens (including phenoxy) is 4. The fourth-order valence-electron chi connectivity index (χ4n) is 3.43. The predicted octanol–water partition coefficient (Wildman–Crippen LogP) is 3.49. The molecule has 0 unspecified atom stereocenters. The number of rotatable bonds is 12. The van der Waals surface area contributed by atoms with Crippen LogP contribution in [-0.2, 0) is 16.6 Å². The van der Waals surface area contributed by atoms with Crippen molar-refractivity contribution >= 4 is 21.6 Å². The Kier molecular flexibility index (Phi) is 9.02. The Morgan fingerprint density at radius 2 is 1.56 bits per heavy atom. The number of nitrogens with one attached hydrogen (secondary N) is 1. The van der Waals surface area contributed by atoms with Crippen molar-refractivity contribution in [3.05, 3.63) is 77.9 Å². The van der Waals surface area contributed by atoms with Crippen molar-refractivity contribution < 1.29 is 32.2 Å². The Morgan fingerprint density at radius 3 is 2.19 bits per heavy atom. The Morgan fingerprint density at radius 1 is 0.861 bits per heavy atom. The summed E-state index contributed by atoms with van der Waals surface area (Å²) in [6.45, 7) is 0.704. The van der Waals surface area contributed by atoms with Crippen molar-refractivity contribution in [3.8, 4) is 23.0 Å². The summed E-state index contributed by atoms with van der Waals surface area (Å²) in [6.07, 6.45) is 1.14. The average molecular weight is 515 g/mol. The zero-order valence-corrected chi connectivity index (χ0v) is 21.5. The number of sulfonamides is 1. The maximum Gasteiger partial charge on any atom is 0.251 e. The minimum Gasteiger partial charge on any atom is -0.497 e. The van der Waals surface area contributed by atoms with Crippen LogP contribution in [0.1, 0.15) is 15.9 Å². The van der Waals surface area contributed by atoms with Gasteiger partial charge in [0.2, 0.25) is 10.0 Å². The minimum atomic E-state index is -3.59. The molecule has 1 amide bonds. The largest absolute Gasteiger partial charge is 0.497 e. The van der Waals surface area contributed by atoms with Crippen molar-refractivity contribution in [3.63, 3.8) is 0 Å². The molecule has 0 heterocycles. The van der Waals surface area contributed by atoms with E-state index in [0.717, 1.165) is 6.26 Å². The van der Waals surface area contributed by atoms with Gasteiger partial charge < -0.3 is 24.3 Å². The lowest BCUT2D eigenvalue weighted by atomic mass is 10.1. The number of methoxy groups -OCH3 is 3. The van der Waals surface area contributed by atoms with E-state index < -0.39 is 10.0 Å². The molecule has 0 saturated heterocycles. The number of hydrogen-bond donors (Lipinski definition) is 1. The van der Waals surface area contributed by atoms with Crippen LogP contribution in [-0.4, -0.2) is 55.1 Å². The zero-order chi connectivity index (χ0) is 26.1. The van der Waals surface area contributed by atoms with E-state index in [1.165, 1.54) is 18.5 Å². The third kappa shape index (κ3) is 7.05. The van der Waals surface area contributed by atoms with Crippen LogP contribution in [0.5, 0.6) is 23.0 Å². The van der Waals surface area contributed by atoms with Crippen molar-refractivity contribution in [1.82, 2.24) is 5.32 Å². The number of anilines is 1. The molecule has 1 N–H and O–H groups in total.